The minimum atomic E-state index is -0.692. The van der Waals surface area contributed by atoms with Crippen molar-refractivity contribution in [2.45, 2.75) is 6.92 Å². The zero-order valence-electron chi connectivity index (χ0n) is 6.11. The smallest absolute Gasteiger partial charge is 0.434 e. The summed E-state index contributed by atoms with van der Waals surface area (Å²) in [5, 5.41) is 8.33. The molecule has 0 saturated carbocycles. The van der Waals surface area contributed by atoms with Crippen molar-refractivity contribution >= 4 is 28.0 Å². The number of aliphatic hydroxyl groups excluding tert-OH is 1. The molecule has 0 fully saturated rings. The Morgan fingerprint density at radius 3 is 2.91 bits per heavy atom. The summed E-state index contributed by atoms with van der Waals surface area (Å²) in [5.74, 6) is 0.532. The summed E-state index contributed by atoms with van der Waals surface area (Å²) < 4.78 is 8.96. The topological polar surface area (TPSA) is 55.8 Å². The molecule has 6 heteroatoms. The van der Waals surface area contributed by atoms with Gasteiger partial charge in [-0.1, -0.05) is 0 Å². The highest BCUT2D eigenvalue weighted by atomic mass is 33.1. The van der Waals surface area contributed by atoms with E-state index in [0.717, 1.165) is 11.1 Å². The van der Waals surface area contributed by atoms with Gasteiger partial charge in [-0.05, 0) is 17.7 Å². The molecule has 0 saturated heterocycles. The number of ether oxygens (including phenoxy) is 1. The predicted octanol–water partition coefficient (Wildman–Crippen LogP) is 1.45. The van der Waals surface area contributed by atoms with Crippen LogP contribution in [0.3, 0.4) is 0 Å². The fourth-order valence-corrected chi connectivity index (χ4v) is 1.30. The van der Waals surface area contributed by atoms with E-state index in [2.05, 4.69) is 8.92 Å². The van der Waals surface area contributed by atoms with Crippen LogP contribution in [0.15, 0.2) is 0 Å². The van der Waals surface area contributed by atoms with Crippen LogP contribution in [0.2, 0.25) is 0 Å². The molecular weight excluding hydrogens is 188 g/mol. The van der Waals surface area contributed by atoms with Crippen LogP contribution >= 0.6 is 21.9 Å². The molecule has 11 heavy (non-hydrogen) atoms. The molecule has 66 valence electrons. The van der Waals surface area contributed by atoms with Gasteiger partial charge in [-0.25, -0.2) is 4.79 Å². The fourth-order valence-electron chi connectivity index (χ4n) is 0.265. The van der Waals surface area contributed by atoms with Gasteiger partial charge in [-0.2, -0.15) is 0 Å². The molecular formula is C5H10O4S2. The van der Waals surface area contributed by atoms with Crippen molar-refractivity contribution in [3.05, 3.63) is 0 Å². The standard InChI is InChI=1S/C5H10O4S2/c1-2-8-5(7)9-11-10-4-3-6/h6H,2-4H2,1H3. The van der Waals surface area contributed by atoms with E-state index in [1.165, 1.54) is 10.8 Å². The summed E-state index contributed by atoms with van der Waals surface area (Å²) in [6, 6.07) is 0. The van der Waals surface area contributed by atoms with Gasteiger partial charge in [0, 0.05) is 5.75 Å². The van der Waals surface area contributed by atoms with E-state index in [9.17, 15) is 4.79 Å². The summed E-state index contributed by atoms with van der Waals surface area (Å²) in [5.41, 5.74) is 0. The van der Waals surface area contributed by atoms with Crippen molar-refractivity contribution in [1.82, 2.24) is 0 Å². The Hall–Kier alpha value is -0.0700. The van der Waals surface area contributed by atoms with Gasteiger partial charge in [-0.15, -0.1) is 0 Å². The molecule has 0 radical (unpaired) electrons. The summed E-state index contributed by atoms with van der Waals surface area (Å²) in [7, 11) is 1.25. The Labute approximate surface area is 73.2 Å². The highest BCUT2D eigenvalue weighted by Crippen LogP contribution is 2.21. The molecule has 0 aliphatic heterocycles. The van der Waals surface area contributed by atoms with E-state index in [1.807, 2.05) is 0 Å². The van der Waals surface area contributed by atoms with Gasteiger partial charge in [0.25, 0.3) is 0 Å². The van der Waals surface area contributed by atoms with Crippen molar-refractivity contribution in [2.24, 2.45) is 0 Å². The molecule has 0 aromatic heterocycles. The van der Waals surface area contributed by atoms with E-state index >= 15 is 0 Å². The number of hydrogen-bond acceptors (Lipinski definition) is 6. The van der Waals surface area contributed by atoms with E-state index in [4.69, 9.17) is 5.11 Å². The van der Waals surface area contributed by atoms with Gasteiger partial charge in [-0.3, -0.25) is 0 Å². The highest BCUT2D eigenvalue weighted by Gasteiger charge is 2.01. The number of hydrogen-bond donors (Lipinski definition) is 1. The Bertz CT molecular complexity index is 109. The van der Waals surface area contributed by atoms with Crippen LogP contribution in [0.25, 0.3) is 0 Å². The SMILES string of the molecule is CCOC(=O)OSSCCO. The molecule has 0 heterocycles. The Kier molecular flexibility index (Phi) is 7.98. The first-order chi connectivity index (χ1) is 5.31. The van der Waals surface area contributed by atoms with Gasteiger partial charge >= 0.3 is 6.16 Å². The molecule has 1 N–H and O–H groups in total. The molecule has 0 aliphatic rings. The second-order valence-electron chi connectivity index (χ2n) is 1.38. The maximum absolute atomic E-state index is 10.5. The highest BCUT2D eigenvalue weighted by molar-refractivity contribution is 8.75. The van der Waals surface area contributed by atoms with E-state index in [-0.39, 0.29) is 6.61 Å². The quantitative estimate of drug-likeness (QED) is 0.312. The first kappa shape index (κ1) is 10.9. The largest absolute Gasteiger partial charge is 0.521 e. The summed E-state index contributed by atoms with van der Waals surface area (Å²) in [4.78, 5) is 10.5. The summed E-state index contributed by atoms with van der Waals surface area (Å²) in [6.07, 6.45) is -0.692. The molecule has 0 spiro atoms. The van der Waals surface area contributed by atoms with E-state index in [0.29, 0.717) is 12.4 Å². The molecule has 0 unspecified atom stereocenters. The van der Waals surface area contributed by atoms with Crippen molar-refractivity contribution in [2.75, 3.05) is 19.0 Å². The minimum absolute atomic E-state index is 0.0733. The maximum Gasteiger partial charge on any atom is 0.521 e. The average Bonchev–Trinajstić information content (AvgIpc) is 1.99. The molecule has 0 rings (SSSR count). The molecule has 0 aliphatic carbocycles. The number of carbonyl (C=O) groups is 1. The number of rotatable bonds is 5. The van der Waals surface area contributed by atoms with Gasteiger partial charge in [0.2, 0.25) is 0 Å². The first-order valence-electron chi connectivity index (χ1n) is 3.05. The second-order valence-corrected chi connectivity index (χ2v) is 3.44. The number of aliphatic hydroxyl groups is 1. The molecule has 0 atom stereocenters. The van der Waals surface area contributed by atoms with Crippen molar-refractivity contribution < 1.29 is 18.8 Å². The lowest BCUT2D eigenvalue weighted by Gasteiger charge is -1.99. The van der Waals surface area contributed by atoms with Crippen molar-refractivity contribution in [3.8, 4) is 0 Å². The monoisotopic (exact) mass is 198 g/mol. The van der Waals surface area contributed by atoms with Crippen LogP contribution in [-0.2, 0) is 8.92 Å². The third-order valence-corrected chi connectivity index (χ3v) is 2.23. The zero-order valence-corrected chi connectivity index (χ0v) is 7.74. The molecule has 0 amide bonds. The van der Waals surface area contributed by atoms with Crippen LogP contribution in [-0.4, -0.2) is 30.2 Å². The lowest BCUT2D eigenvalue weighted by atomic mass is 10.9. The van der Waals surface area contributed by atoms with Gasteiger partial charge in [0.15, 0.2) is 0 Å². The van der Waals surface area contributed by atoms with Crippen molar-refractivity contribution in [1.29, 1.82) is 0 Å². The van der Waals surface area contributed by atoms with E-state index in [1.54, 1.807) is 6.92 Å². The van der Waals surface area contributed by atoms with Gasteiger partial charge in [0.1, 0.15) is 11.1 Å². The van der Waals surface area contributed by atoms with E-state index < -0.39 is 6.16 Å². The molecule has 0 aromatic rings. The summed E-state index contributed by atoms with van der Waals surface area (Å²) in [6.45, 7) is 2.08. The second kappa shape index (κ2) is 8.03. The Balaban J connectivity index is 3.04. The predicted molar refractivity (Wildman–Crippen MR) is 45.2 cm³/mol. The molecule has 4 nitrogen and oxygen atoms in total. The van der Waals surface area contributed by atoms with Gasteiger partial charge in [0.05, 0.1) is 13.2 Å². The van der Waals surface area contributed by atoms with Crippen LogP contribution in [0.5, 0.6) is 0 Å². The van der Waals surface area contributed by atoms with Crippen LogP contribution in [0.4, 0.5) is 4.79 Å². The van der Waals surface area contributed by atoms with Crippen molar-refractivity contribution in [3.63, 3.8) is 0 Å². The van der Waals surface area contributed by atoms with Crippen LogP contribution < -0.4 is 0 Å². The Morgan fingerprint density at radius 2 is 2.36 bits per heavy atom. The normalized spacial score (nSPS) is 9.27. The van der Waals surface area contributed by atoms with Crippen LogP contribution in [0.1, 0.15) is 6.92 Å². The third-order valence-electron chi connectivity index (χ3n) is 0.587. The lowest BCUT2D eigenvalue weighted by molar-refractivity contribution is 0.112. The fraction of sp³-hybridized carbons (Fsp3) is 0.800. The first-order valence-corrected chi connectivity index (χ1v) is 5.29. The van der Waals surface area contributed by atoms with Gasteiger partial charge < -0.3 is 14.0 Å². The zero-order chi connectivity index (χ0) is 8.53. The maximum atomic E-state index is 10.5. The van der Waals surface area contributed by atoms with Crippen LogP contribution in [0, 0.1) is 0 Å². The average molecular weight is 198 g/mol. The molecule has 0 bridgehead atoms. The third kappa shape index (κ3) is 7.83. The lowest BCUT2D eigenvalue weighted by Crippen LogP contribution is -2.01. The molecule has 0 aromatic carbocycles. The summed E-state index contributed by atoms with van der Waals surface area (Å²) >= 11 is 0.908. The number of carbonyl (C=O) groups excluding carboxylic acids is 1. The minimum Gasteiger partial charge on any atom is -0.434 e. The Morgan fingerprint density at radius 1 is 1.64 bits per heavy atom.